The zero-order valence-corrected chi connectivity index (χ0v) is 10.5. The van der Waals surface area contributed by atoms with Gasteiger partial charge in [-0.05, 0) is 45.0 Å². The lowest BCUT2D eigenvalue weighted by Gasteiger charge is -2.35. The second kappa shape index (κ2) is 4.49. The van der Waals surface area contributed by atoms with E-state index in [2.05, 4.69) is 32.5 Å². The molecule has 0 spiro atoms. The predicted octanol–water partition coefficient (Wildman–Crippen LogP) is 1.58. The van der Waals surface area contributed by atoms with Gasteiger partial charge in [0.1, 0.15) is 11.3 Å². The molecule has 1 aliphatic rings. The molecule has 1 aliphatic heterocycles. The van der Waals surface area contributed by atoms with Gasteiger partial charge in [-0.2, -0.15) is 0 Å². The van der Waals surface area contributed by atoms with Crippen molar-refractivity contribution in [3.05, 3.63) is 24.5 Å². The molecule has 94 valence electrons. The van der Waals surface area contributed by atoms with Crippen LogP contribution in [0.15, 0.2) is 24.5 Å². The fraction of sp³-hybridized carbons (Fsp3) is 0.462. The molecular formula is C13H17N5. The molecular weight excluding hydrogens is 226 g/mol. The standard InChI is InChI=1S/C13H17N5/c1-13(4-6-14-7-5-13)18-11-3-2-10-12(17-11)16-9-8-15-10/h2-3,8-9,14H,4-7H2,1H3,(H,16,17,18). The van der Waals surface area contributed by atoms with Gasteiger partial charge in [0.25, 0.3) is 0 Å². The van der Waals surface area contributed by atoms with Crippen LogP contribution in [0.3, 0.4) is 0 Å². The van der Waals surface area contributed by atoms with Crippen LogP contribution in [0.25, 0.3) is 11.2 Å². The van der Waals surface area contributed by atoms with Crippen molar-refractivity contribution >= 4 is 17.0 Å². The predicted molar refractivity (Wildman–Crippen MR) is 71.5 cm³/mol. The van der Waals surface area contributed by atoms with Crippen molar-refractivity contribution in [1.29, 1.82) is 0 Å². The molecule has 2 aromatic heterocycles. The first-order chi connectivity index (χ1) is 8.75. The molecule has 1 saturated heterocycles. The van der Waals surface area contributed by atoms with Crippen molar-refractivity contribution in [1.82, 2.24) is 20.3 Å². The quantitative estimate of drug-likeness (QED) is 0.838. The maximum atomic E-state index is 4.51. The Morgan fingerprint density at radius 2 is 1.94 bits per heavy atom. The third-order valence-corrected chi connectivity index (χ3v) is 3.47. The van der Waals surface area contributed by atoms with Gasteiger partial charge in [-0.15, -0.1) is 0 Å². The Labute approximate surface area is 106 Å². The smallest absolute Gasteiger partial charge is 0.180 e. The molecule has 0 radical (unpaired) electrons. The number of rotatable bonds is 2. The molecule has 5 nitrogen and oxygen atoms in total. The molecule has 0 atom stereocenters. The molecule has 3 rings (SSSR count). The van der Waals surface area contributed by atoms with E-state index >= 15 is 0 Å². The Morgan fingerprint density at radius 1 is 1.17 bits per heavy atom. The van der Waals surface area contributed by atoms with Crippen LogP contribution in [0.1, 0.15) is 19.8 Å². The highest BCUT2D eigenvalue weighted by Crippen LogP contribution is 2.23. The minimum atomic E-state index is 0.119. The highest BCUT2D eigenvalue weighted by molar-refractivity contribution is 5.71. The van der Waals surface area contributed by atoms with Gasteiger partial charge in [-0.1, -0.05) is 0 Å². The van der Waals surface area contributed by atoms with Gasteiger partial charge in [-0.25, -0.2) is 9.97 Å². The Balaban J connectivity index is 1.85. The zero-order chi connectivity index (χ0) is 12.4. The van der Waals surface area contributed by atoms with E-state index in [4.69, 9.17) is 0 Å². The van der Waals surface area contributed by atoms with Crippen LogP contribution >= 0.6 is 0 Å². The summed E-state index contributed by atoms with van der Waals surface area (Å²) in [7, 11) is 0. The fourth-order valence-corrected chi connectivity index (χ4v) is 2.34. The molecule has 18 heavy (non-hydrogen) atoms. The molecule has 3 heterocycles. The number of hydrogen-bond donors (Lipinski definition) is 2. The Bertz CT molecular complexity index is 548. The SMILES string of the molecule is CC1(Nc2ccc3nccnc3n2)CCNCC1. The number of pyridine rings is 1. The van der Waals surface area contributed by atoms with E-state index in [0.29, 0.717) is 5.65 Å². The summed E-state index contributed by atoms with van der Waals surface area (Å²) in [4.78, 5) is 13.0. The monoisotopic (exact) mass is 243 g/mol. The summed E-state index contributed by atoms with van der Waals surface area (Å²) in [5, 5.41) is 6.90. The summed E-state index contributed by atoms with van der Waals surface area (Å²) in [6.07, 6.45) is 5.57. The number of anilines is 1. The van der Waals surface area contributed by atoms with Crippen molar-refractivity contribution in [3.8, 4) is 0 Å². The lowest BCUT2D eigenvalue weighted by Crippen LogP contribution is -2.45. The largest absolute Gasteiger partial charge is 0.365 e. The Hall–Kier alpha value is -1.75. The van der Waals surface area contributed by atoms with E-state index in [1.165, 1.54) is 0 Å². The van der Waals surface area contributed by atoms with Crippen LogP contribution in [0, 0.1) is 0 Å². The van der Waals surface area contributed by atoms with Gasteiger partial charge in [0.2, 0.25) is 0 Å². The summed E-state index contributed by atoms with van der Waals surface area (Å²) in [6.45, 7) is 4.35. The summed E-state index contributed by atoms with van der Waals surface area (Å²) in [5.41, 5.74) is 1.65. The third-order valence-electron chi connectivity index (χ3n) is 3.47. The molecule has 0 bridgehead atoms. The van der Waals surface area contributed by atoms with Crippen molar-refractivity contribution in [3.63, 3.8) is 0 Å². The van der Waals surface area contributed by atoms with E-state index in [1.54, 1.807) is 12.4 Å². The minimum Gasteiger partial charge on any atom is -0.365 e. The van der Waals surface area contributed by atoms with Crippen LogP contribution in [-0.2, 0) is 0 Å². The van der Waals surface area contributed by atoms with Crippen molar-refractivity contribution in [2.75, 3.05) is 18.4 Å². The van der Waals surface area contributed by atoms with E-state index in [0.717, 1.165) is 37.3 Å². The van der Waals surface area contributed by atoms with Gasteiger partial charge in [0.05, 0.1) is 0 Å². The van der Waals surface area contributed by atoms with Crippen LogP contribution in [0.2, 0.25) is 0 Å². The fourth-order valence-electron chi connectivity index (χ4n) is 2.34. The van der Waals surface area contributed by atoms with E-state index < -0.39 is 0 Å². The van der Waals surface area contributed by atoms with Crippen LogP contribution in [0.5, 0.6) is 0 Å². The van der Waals surface area contributed by atoms with Crippen LogP contribution < -0.4 is 10.6 Å². The highest BCUT2D eigenvalue weighted by Gasteiger charge is 2.26. The molecule has 1 fully saturated rings. The summed E-state index contributed by atoms with van der Waals surface area (Å²) in [5.74, 6) is 0.882. The second-order valence-corrected chi connectivity index (χ2v) is 5.03. The lowest BCUT2D eigenvalue weighted by atomic mass is 9.90. The lowest BCUT2D eigenvalue weighted by molar-refractivity contribution is 0.364. The van der Waals surface area contributed by atoms with Crippen LogP contribution in [0.4, 0.5) is 5.82 Å². The number of fused-ring (bicyclic) bond motifs is 1. The van der Waals surface area contributed by atoms with Crippen molar-refractivity contribution in [2.24, 2.45) is 0 Å². The Kier molecular flexibility index (Phi) is 2.83. The summed E-state index contributed by atoms with van der Waals surface area (Å²) in [6, 6.07) is 3.94. The Morgan fingerprint density at radius 3 is 2.78 bits per heavy atom. The number of hydrogen-bond acceptors (Lipinski definition) is 5. The van der Waals surface area contributed by atoms with E-state index in [9.17, 15) is 0 Å². The van der Waals surface area contributed by atoms with Crippen molar-refractivity contribution in [2.45, 2.75) is 25.3 Å². The van der Waals surface area contributed by atoms with Gasteiger partial charge in [-0.3, -0.25) is 4.98 Å². The third kappa shape index (κ3) is 2.26. The molecule has 5 heteroatoms. The molecule has 0 aromatic carbocycles. The second-order valence-electron chi connectivity index (χ2n) is 5.03. The van der Waals surface area contributed by atoms with Crippen LogP contribution in [-0.4, -0.2) is 33.6 Å². The molecule has 2 aromatic rings. The van der Waals surface area contributed by atoms with Gasteiger partial charge in [0, 0.05) is 17.9 Å². The average molecular weight is 243 g/mol. The first kappa shape index (κ1) is 11.3. The summed E-state index contributed by atoms with van der Waals surface area (Å²) < 4.78 is 0. The van der Waals surface area contributed by atoms with E-state index in [1.807, 2.05) is 12.1 Å². The molecule has 0 unspecified atom stereocenters. The molecule has 0 aliphatic carbocycles. The normalized spacial score (nSPS) is 18.7. The number of nitrogens with one attached hydrogen (secondary N) is 2. The van der Waals surface area contributed by atoms with Gasteiger partial charge >= 0.3 is 0 Å². The van der Waals surface area contributed by atoms with E-state index in [-0.39, 0.29) is 5.54 Å². The summed E-state index contributed by atoms with van der Waals surface area (Å²) >= 11 is 0. The van der Waals surface area contributed by atoms with Gasteiger partial charge in [0.15, 0.2) is 5.65 Å². The molecule has 0 saturated carbocycles. The maximum absolute atomic E-state index is 4.51. The molecule has 2 N–H and O–H groups in total. The highest BCUT2D eigenvalue weighted by atomic mass is 15.1. The first-order valence-electron chi connectivity index (χ1n) is 6.32. The average Bonchev–Trinajstić information content (AvgIpc) is 2.39. The maximum Gasteiger partial charge on any atom is 0.180 e. The minimum absolute atomic E-state index is 0.119. The number of nitrogens with zero attached hydrogens (tertiary/aromatic N) is 3. The first-order valence-corrected chi connectivity index (χ1v) is 6.32. The molecule has 0 amide bonds. The van der Waals surface area contributed by atoms with Crippen molar-refractivity contribution < 1.29 is 0 Å². The van der Waals surface area contributed by atoms with Gasteiger partial charge < -0.3 is 10.6 Å². The number of piperidine rings is 1. The zero-order valence-electron chi connectivity index (χ0n) is 10.5. The number of aromatic nitrogens is 3. The topological polar surface area (TPSA) is 62.7 Å².